The molecule has 0 amide bonds. The number of phenolic OH excluding ortho intramolecular Hbond substituents is 1. The van der Waals surface area contributed by atoms with Crippen LogP contribution in [0.3, 0.4) is 0 Å². The molecule has 2 aromatic carbocycles. The summed E-state index contributed by atoms with van der Waals surface area (Å²) in [6.45, 7) is 0. The first-order valence-electron chi connectivity index (χ1n) is 11.5. The molecule has 0 atom stereocenters. The van der Waals surface area contributed by atoms with E-state index in [9.17, 15) is 5.11 Å². The number of benzene rings is 2. The fraction of sp³-hybridized carbons (Fsp3) is 0.500. The van der Waals surface area contributed by atoms with Crippen LogP contribution >= 0.6 is 17.0 Å². The Morgan fingerprint density at radius 1 is 0.839 bits per heavy atom. The summed E-state index contributed by atoms with van der Waals surface area (Å²) in [5, 5.41) is 11.0. The zero-order chi connectivity index (χ0) is 22.3. The van der Waals surface area contributed by atoms with Crippen LogP contribution in [0.4, 0.5) is 0 Å². The molecule has 0 aromatic heterocycles. The molecule has 1 aliphatic carbocycles. The van der Waals surface area contributed by atoms with Crippen molar-refractivity contribution in [2.45, 2.75) is 76.5 Å². The Bertz CT molecular complexity index is 770. The average molecular weight is 540 g/mol. The number of halogens is 2. The van der Waals surface area contributed by atoms with Gasteiger partial charge in [0.25, 0.3) is 0 Å². The van der Waals surface area contributed by atoms with Crippen LogP contribution in [0.2, 0.25) is 0 Å². The average Bonchev–Trinajstić information content (AvgIpc) is 2.77. The molecule has 0 spiro atoms. The fourth-order valence-electron chi connectivity index (χ4n) is 4.50. The van der Waals surface area contributed by atoms with E-state index in [1.807, 2.05) is 6.07 Å². The van der Waals surface area contributed by atoms with Crippen LogP contribution in [-0.2, 0) is 20.8 Å². The summed E-state index contributed by atoms with van der Waals surface area (Å²) in [5.74, 6) is 0.870. The van der Waals surface area contributed by atoms with Crippen LogP contribution in [-0.4, -0.2) is 18.4 Å². The van der Waals surface area contributed by atoms with Crippen LogP contribution in [0.15, 0.2) is 47.5 Å². The molecule has 31 heavy (non-hydrogen) atoms. The number of nitrogens with zero attached hydrogens (tertiary/aromatic N) is 1. The van der Waals surface area contributed by atoms with E-state index in [1.165, 1.54) is 81.8 Å². The third kappa shape index (κ3) is 9.41. The fourth-order valence-corrected chi connectivity index (χ4v) is 4.50. The van der Waals surface area contributed by atoms with Crippen molar-refractivity contribution < 1.29 is 26.0 Å². The van der Waals surface area contributed by atoms with Gasteiger partial charge in [-0.25, -0.2) is 0 Å². The second-order valence-corrected chi connectivity index (χ2v) is 12.0. The summed E-state index contributed by atoms with van der Waals surface area (Å²) in [6.07, 6.45) is 16.2. The van der Waals surface area contributed by atoms with Crippen LogP contribution in [0, 0.1) is 0 Å². The van der Waals surface area contributed by atoms with Crippen molar-refractivity contribution in [1.29, 1.82) is 0 Å². The van der Waals surface area contributed by atoms with Gasteiger partial charge in [-0.05, 0) is 47.6 Å². The summed E-state index contributed by atoms with van der Waals surface area (Å²) in [5.41, 5.74) is 4.33. The van der Waals surface area contributed by atoms with Gasteiger partial charge in [0.2, 0.25) is 0 Å². The Balaban J connectivity index is 0.00000107. The van der Waals surface area contributed by atoms with Crippen molar-refractivity contribution in [1.82, 2.24) is 0 Å². The van der Waals surface area contributed by atoms with Gasteiger partial charge in [-0.15, -0.1) is 0 Å². The number of aromatic hydroxyl groups is 1. The quantitative estimate of drug-likeness (QED) is 0.388. The predicted molar refractivity (Wildman–Crippen MR) is 132 cm³/mol. The van der Waals surface area contributed by atoms with Crippen LogP contribution < -0.4 is 0 Å². The molecule has 0 bridgehead atoms. The number of aliphatic imine (C=N–C) groups is 1. The van der Waals surface area contributed by atoms with Gasteiger partial charge in [0, 0.05) is 18.8 Å². The number of rotatable bonds is 3. The number of phenols is 1. The molecule has 1 fully saturated rings. The second kappa shape index (κ2) is 16.1. The molecule has 0 aliphatic heterocycles. The molecule has 1 aliphatic rings. The Morgan fingerprint density at radius 2 is 1.35 bits per heavy atom. The Morgan fingerprint density at radius 3 is 1.87 bits per heavy atom. The molecule has 0 saturated heterocycles. The van der Waals surface area contributed by atoms with Gasteiger partial charge in [-0.2, -0.15) is 0 Å². The normalized spacial score (nSPS) is 16.6. The zero-order valence-electron chi connectivity index (χ0n) is 18.6. The van der Waals surface area contributed by atoms with Crippen molar-refractivity contribution in [2.75, 3.05) is 7.05 Å². The minimum atomic E-state index is -0.826. The van der Waals surface area contributed by atoms with Gasteiger partial charge < -0.3 is 5.11 Å². The SMILES string of the molecule is CN=Cc1cc(-c2ccccc2)cc(C2CCCCCCCCCCC2)c1O.[Cl][Zr][Cl]. The first kappa shape index (κ1) is 26.6. The van der Waals surface area contributed by atoms with E-state index in [2.05, 4.69) is 41.4 Å². The first-order valence-corrected chi connectivity index (χ1v) is 17.8. The van der Waals surface area contributed by atoms with E-state index in [0.717, 1.165) is 11.1 Å². The zero-order valence-corrected chi connectivity index (χ0v) is 22.6. The molecule has 2 nitrogen and oxygen atoms in total. The second-order valence-electron chi connectivity index (χ2n) is 8.28. The maximum atomic E-state index is 11.0. The Hall–Kier alpha value is -0.627. The summed E-state index contributed by atoms with van der Waals surface area (Å²) >= 11 is -0.826. The van der Waals surface area contributed by atoms with Crippen LogP contribution in [0.5, 0.6) is 5.75 Å². The van der Waals surface area contributed by atoms with Gasteiger partial charge >= 0.3 is 37.9 Å². The number of hydrogen-bond donors (Lipinski definition) is 1. The molecular formula is C26H35Cl2NOZr. The topological polar surface area (TPSA) is 32.6 Å². The van der Waals surface area contributed by atoms with Crippen molar-refractivity contribution in [3.63, 3.8) is 0 Å². The van der Waals surface area contributed by atoms with Gasteiger partial charge in [0.05, 0.1) is 0 Å². The van der Waals surface area contributed by atoms with Crippen LogP contribution in [0.1, 0.15) is 87.7 Å². The summed E-state index contributed by atoms with van der Waals surface area (Å²) in [7, 11) is 11.6. The number of hydrogen-bond acceptors (Lipinski definition) is 2. The van der Waals surface area contributed by atoms with E-state index >= 15 is 0 Å². The van der Waals surface area contributed by atoms with E-state index in [1.54, 1.807) is 13.3 Å². The maximum absolute atomic E-state index is 11.0. The molecule has 1 saturated carbocycles. The van der Waals surface area contributed by atoms with Gasteiger partial charge in [0.1, 0.15) is 5.75 Å². The molecule has 0 radical (unpaired) electrons. The van der Waals surface area contributed by atoms with E-state index in [4.69, 9.17) is 17.0 Å². The third-order valence-electron chi connectivity index (χ3n) is 6.09. The molecule has 2 aromatic rings. The standard InChI is InChI=1S/C26H35NO.2ClH.Zr/c1-27-20-24-18-23(21-14-12-9-13-15-21)19-25(26(24)28)22-16-10-7-5-3-2-4-6-8-11-17-22;;;/h9,12-15,18-20,22,28H,2-8,10-11,16-17H2,1H3;2*1H;/q;;;+2/p-2. The minimum absolute atomic E-state index is 0.433. The Labute approximate surface area is 207 Å². The molecule has 5 heteroatoms. The van der Waals surface area contributed by atoms with Gasteiger partial charge in [0.15, 0.2) is 0 Å². The van der Waals surface area contributed by atoms with Crippen LogP contribution in [0.25, 0.3) is 11.1 Å². The summed E-state index contributed by atoms with van der Waals surface area (Å²) in [4.78, 5) is 4.19. The molecular weight excluding hydrogens is 504 g/mol. The third-order valence-corrected chi connectivity index (χ3v) is 6.09. The van der Waals surface area contributed by atoms with Crippen molar-refractivity contribution in [3.05, 3.63) is 53.6 Å². The predicted octanol–water partition coefficient (Wildman–Crippen LogP) is 8.87. The van der Waals surface area contributed by atoms with Crippen molar-refractivity contribution in [2.24, 2.45) is 4.99 Å². The Kier molecular flexibility index (Phi) is 13.8. The molecule has 1 N–H and O–H groups in total. The van der Waals surface area contributed by atoms with Crippen molar-refractivity contribution in [3.8, 4) is 16.9 Å². The monoisotopic (exact) mass is 537 g/mol. The molecule has 0 unspecified atom stereocenters. The molecule has 3 rings (SSSR count). The molecule has 0 heterocycles. The van der Waals surface area contributed by atoms with Gasteiger partial charge in [-0.3, -0.25) is 4.99 Å². The van der Waals surface area contributed by atoms with E-state index in [-0.39, 0.29) is 0 Å². The molecule has 168 valence electrons. The van der Waals surface area contributed by atoms with E-state index < -0.39 is 20.8 Å². The van der Waals surface area contributed by atoms with Crippen molar-refractivity contribution >= 4 is 23.2 Å². The van der Waals surface area contributed by atoms with E-state index in [0.29, 0.717) is 11.7 Å². The summed E-state index contributed by atoms with van der Waals surface area (Å²) < 4.78 is 0. The summed E-state index contributed by atoms with van der Waals surface area (Å²) in [6, 6.07) is 14.8. The first-order chi connectivity index (χ1) is 15.2. The van der Waals surface area contributed by atoms with Gasteiger partial charge in [-0.1, -0.05) is 88.1 Å².